The summed E-state index contributed by atoms with van der Waals surface area (Å²) in [7, 11) is 3.72. The summed E-state index contributed by atoms with van der Waals surface area (Å²) >= 11 is 0. The second-order valence-corrected chi connectivity index (χ2v) is 4.54. The molecule has 2 rings (SSSR count). The molecule has 0 amide bonds. The molecule has 0 bridgehead atoms. The summed E-state index contributed by atoms with van der Waals surface area (Å²) in [5, 5.41) is 4.17. The highest BCUT2D eigenvalue weighted by Crippen LogP contribution is 2.41. The molecule has 0 saturated heterocycles. The van der Waals surface area contributed by atoms with Crippen LogP contribution >= 0.6 is 0 Å². The quantitative estimate of drug-likeness (QED) is 0.575. The van der Waals surface area contributed by atoms with Gasteiger partial charge in [0.25, 0.3) is 0 Å². The summed E-state index contributed by atoms with van der Waals surface area (Å²) in [6.45, 7) is 0. The number of nitrogens with one attached hydrogen (secondary N) is 1. The van der Waals surface area contributed by atoms with Crippen LogP contribution in [0.2, 0.25) is 0 Å². The smallest absolute Gasteiger partial charge is 0.0698 e. The summed E-state index contributed by atoms with van der Waals surface area (Å²) in [6.07, 6.45) is 6.19. The second kappa shape index (κ2) is 4.53. The van der Waals surface area contributed by atoms with E-state index in [0.29, 0.717) is 0 Å². The monoisotopic (exact) mass is 224 g/mol. The van der Waals surface area contributed by atoms with Crippen molar-refractivity contribution < 1.29 is 4.74 Å². The molecule has 0 aromatic carbocycles. The highest BCUT2D eigenvalue weighted by atomic mass is 16.5. The number of methoxy groups -OCH3 is 1. The third-order valence-corrected chi connectivity index (χ3v) is 3.69. The van der Waals surface area contributed by atoms with E-state index in [-0.39, 0.29) is 11.6 Å². The van der Waals surface area contributed by atoms with Crippen LogP contribution in [-0.4, -0.2) is 22.5 Å². The molecule has 90 valence electrons. The minimum atomic E-state index is 0.0152. The molecule has 1 aliphatic carbocycles. The van der Waals surface area contributed by atoms with Crippen molar-refractivity contribution in [2.45, 2.75) is 37.3 Å². The number of aryl methyl sites for hydroxylation is 1. The van der Waals surface area contributed by atoms with Gasteiger partial charge in [0.2, 0.25) is 0 Å². The highest BCUT2D eigenvalue weighted by Gasteiger charge is 2.39. The number of nitrogens with two attached hydrogens (primary N) is 1. The Balaban J connectivity index is 2.09. The van der Waals surface area contributed by atoms with E-state index in [4.69, 9.17) is 10.6 Å². The molecular formula is C11H20N4O. The predicted molar refractivity (Wildman–Crippen MR) is 61.5 cm³/mol. The largest absolute Gasteiger partial charge is 0.378 e. The molecule has 1 fully saturated rings. The fourth-order valence-corrected chi connectivity index (χ4v) is 2.41. The van der Waals surface area contributed by atoms with Crippen LogP contribution in [0.5, 0.6) is 0 Å². The lowest BCUT2D eigenvalue weighted by Gasteiger charge is -2.42. The van der Waals surface area contributed by atoms with Crippen LogP contribution in [0, 0.1) is 0 Å². The Morgan fingerprint density at radius 2 is 2.44 bits per heavy atom. The fourth-order valence-electron chi connectivity index (χ4n) is 2.41. The van der Waals surface area contributed by atoms with Crippen molar-refractivity contribution in [3.8, 4) is 0 Å². The molecule has 16 heavy (non-hydrogen) atoms. The van der Waals surface area contributed by atoms with Crippen molar-refractivity contribution in [3.63, 3.8) is 0 Å². The third kappa shape index (κ3) is 1.98. The summed E-state index contributed by atoms with van der Waals surface area (Å²) in [4.78, 5) is 0. The van der Waals surface area contributed by atoms with Gasteiger partial charge in [0, 0.05) is 20.4 Å². The minimum Gasteiger partial charge on any atom is -0.378 e. The first kappa shape index (κ1) is 11.6. The number of aromatic nitrogens is 2. The van der Waals surface area contributed by atoms with Gasteiger partial charge in [0.1, 0.15) is 0 Å². The van der Waals surface area contributed by atoms with Crippen LogP contribution in [0.1, 0.15) is 37.4 Å². The van der Waals surface area contributed by atoms with E-state index in [1.807, 2.05) is 17.8 Å². The Morgan fingerprint density at radius 1 is 1.69 bits per heavy atom. The average molecular weight is 224 g/mol. The molecule has 5 heteroatoms. The highest BCUT2D eigenvalue weighted by molar-refractivity contribution is 5.09. The SMILES string of the molecule is COC1(CC(NN)c2ccnn2C)CCC1. The number of ether oxygens (including phenoxy) is 1. The molecule has 5 nitrogen and oxygen atoms in total. The molecule has 1 aromatic rings. The van der Waals surface area contributed by atoms with E-state index in [1.54, 1.807) is 13.3 Å². The summed E-state index contributed by atoms with van der Waals surface area (Å²) in [5.74, 6) is 5.63. The fraction of sp³-hybridized carbons (Fsp3) is 0.727. The van der Waals surface area contributed by atoms with Gasteiger partial charge in [-0.2, -0.15) is 5.10 Å². The van der Waals surface area contributed by atoms with E-state index in [0.717, 1.165) is 25.0 Å². The van der Waals surface area contributed by atoms with E-state index >= 15 is 0 Å². The Bertz CT molecular complexity index is 340. The molecule has 1 aliphatic rings. The second-order valence-electron chi connectivity index (χ2n) is 4.54. The lowest BCUT2D eigenvalue weighted by Crippen LogP contribution is -2.44. The Labute approximate surface area is 95.9 Å². The minimum absolute atomic E-state index is 0.0152. The van der Waals surface area contributed by atoms with Crippen LogP contribution in [0.4, 0.5) is 0 Å². The van der Waals surface area contributed by atoms with Gasteiger partial charge in [0.05, 0.1) is 17.3 Å². The van der Waals surface area contributed by atoms with Gasteiger partial charge in [0.15, 0.2) is 0 Å². The zero-order chi connectivity index (χ0) is 11.6. The Morgan fingerprint density at radius 3 is 2.81 bits per heavy atom. The van der Waals surface area contributed by atoms with E-state index < -0.39 is 0 Å². The normalized spacial score (nSPS) is 20.4. The molecule has 1 unspecified atom stereocenters. The molecule has 0 spiro atoms. The van der Waals surface area contributed by atoms with Crippen LogP contribution in [0.15, 0.2) is 12.3 Å². The van der Waals surface area contributed by atoms with Crippen molar-refractivity contribution in [1.29, 1.82) is 0 Å². The van der Waals surface area contributed by atoms with Crippen LogP contribution in [0.25, 0.3) is 0 Å². The van der Waals surface area contributed by atoms with Crippen molar-refractivity contribution in [2.75, 3.05) is 7.11 Å². The standard InChI is InChI=1S/C11H20N4O/c1-15-10(4-7-13-15)9(14-12)8-11(16-2)5-3-6-11/h4,7,9,14H,3,5-6,8,12H2,1-2H3. The summed E-state index contributed by atoms with van der Waals surface area (Å²) in [6, 6.07) is 2.10. The number of rotatable bonds is 5. The van der Waals surface area contributed by atoms with Gasteiger partial charge in [-0.15, -0.1) is 0 Å². The zero-order valence-electron chi connectivity index (χ0n) is 9.94. The lowest BCUT2D eigenvalue weighted by molar-refractivity contribution is -0.0842. The topological polar surface area (TPSA) is 65.1 Å². The lowest BCUT2D eigenvalue weighted by atomic mass is 9.75. The number of hydrogen-bond donors (Lipinski definition) is 2. The first-order valence-corrected chi connectivity index (χ1v) is 5.70. The first-order valence-electron chi connectivity index (χ1n) is 5.70. The average Bonchev–Trinajstić information content (AvgIpc) is 2.65. The number of hydrazine groups is 1. The maximum Gasteiger partial charge on any atom is 0.0698 e. The first-order chi connectivity index (χ1) is 7.71. The molecule has 0 aliphatic heterocycles. The molecular weight excluding hydrogens is 204 g/mol. The number of hydrogen-bond acceptors (Lipinski definition) is 4. The van der Waals surface area contributed by atoms with E-state index in [2.05, 4.69) is 10.5 Å². The van der Waals surface area contributed by atoms with Gasteiger partial charge in [-0.05, 0) is 31.7 Å². The Kier molecular flexibility index (Phi) is 3.28. The van der Waals surface area contributed by atoms with Crippen molar-refractivity contribution in [2.24, 2.45) is 12.9 Å². The summed E-state index contributed by atoms with van der Waals surface area (Å²) < 4.78 is 7.47. The molecule has 1 heterocycles. The van der Waals surface area contributed by atoms with Crippen LogP contribution < -0.4 is 11.3 Å². The molecule has 1 aromatic heterocycles. The number of nitrogens with zero attached hydrogens (tertiary/aromatic N) is 2. The summed E-state index contributed by atoms with van der Waals surface area (Å²) in [5.41, 5.74) is 3.98. The predicted octanol–water partition coefficient (Wildman–Crippen LogP) is 0.884. The Hall–Kier alpha value is -0.910. The van der Waals surface area contributed by atoms with Gasteiger partial charge < -0.3 is 4.74 Å². The molecule has 3 N–H and O–H groups in total. The van der Waals surface area contributed by atoms with Crippen molar-refractivity contribution >= 4 is 0 Å². The van der Waals surface area contributed by atoms with Crippen LogP contribution in [-0.2, 0) is 11.8 Å². The maximum absolute atomic E-state index is 5.63. The van der Waals surface area contributed by atoms with Gasteiger partial charge >= 0.3 is 0 Å². The third-order valence-electron chi connectivity index (χ3n) is 3.69. The van der Waals surface area contributed by atoms with Gasteiger partial charge in [-0.3, -0.25) is 16.0 Å². The van der Waals surface area contributed by atoms with E-state index in [1.165, 1.54) is 6.42 Å². The van der Waals surface area contributed by atoms with E-state index in [9.17, 15) is 0 Å². The maximum atomic E-state index is 5.63. The van der Waals surface area contributed by atoms with Crippen molar-refractivity contribution in [1.82, 2.24) is 15.2 Å². The van der Waals surface area contributed by atoms with Crippen LogP contribution in [0.3, 0.4) is 0 Å². The molecule has 1 atom stereocenters. The molecule has 0 radical (unpaired) electrons. The van der Waals surface area contributed by atoms with Crippen molar-refractivity contribution in [3.05, 3.63) is 18.0 Å². The zero-order valence-corrected chi connectivity index (χ0v) is 9.94. The van der Waals surface area contributed by atoms with Gasteiger partial charge in [-0.25, -0.2) is 0 Å². The van der Waals surface area contributed by atoms with Gasteiger partial charge in [-0.1, -0.05) is 0 Å². The molecule has 1 saturated carbocycles.